The Labute approximate surface area is 122 Å². The molecule has 0 spiro atoms. The van der Waals surface area contributed by atoms with Crippen molar-refractivity contribution in [3.05, 3.63) is 0 Å². The van der Waals surface area contributed by atoms with Crippen LogP contribution < -0.4 is 5.73 Å². The van der Waals surface area contributed by atoms with E-state index in [1.54, 1.807) is 0 Å². The van der Waals surface area contributed by atoms with Crippen molar-refractivity contribution in [3.8, 4) is 0 Å². The maximum Gasteiger partial charge on any atom is 0.242 e. The molecule has 1 unspecified atom stereocenters. The summed E-state index contributed by atoms with van der Waals surface area (Å²) in [7, 11) is 4.17. The molecule has 1 aliphatic carbocycles. The van der Waals surface area contributed by atoms with E-state index in [-0.39, 0.29) is 30.7 Å². The standard InChI is InChI=1S/C12H23N3O.2ClH/c1-14(2)10-5-3-8-15(9-10)11(16)12(13)6-4-7-12;;/h10H,3-9,13H2,1-2H3;2*1H. The van der Waals surface area contributed by atoms with Crippen molar-refractivity contribution >= 4 is 30.7 Å². The van der Waals surface area contributed by atoms with E-state index in [0.717, 1.165) is 38.8 Å². The first-order valence-electron chi connectivity index (χ1n) is 6.28. The zero-order chi connectivity index (χ0) is 11.8. The van der Waals surface area contributed by atoms with Gasteiger partial charge in [-0.1, -0.05) is 0 Å². The minimum Gasteiger partial charge on any atom is -0.340 e. The van der Waals surface area contributed by atoms with Crippen molar-refractivity contribution in [2.45, 2.75) is 43.7 Å². The number of nitrogens with two attached hydrogens (primary N) is 1. The second kappa shape index (κ2) is 6.94. The second-order valence-electron chi connectivity index (χ2n) is 5.52. The van der Waals surface area contributed by atoms with E-state index in [2.05, 4.69) is 19.0 Å². The highest BCUT2D eigenvalue weighted by Crippen LogP contribution is 2.32. The van der Waals surface area contributed by atoms with Gasteiger partial charge in [-0.15, -0.1) is 24.8 Å². The van der Waals surface area contributed by atoms with Crippen molar-refractivity contribution in [1.82, 2.24) is 9.80 Å². The Kier molecular flexibility index (Phi) is 6.93. The average molecular weight is 298 g/mol. The van der Waals surface area contributed by atoms with E-state index in [0.29, 0.717) is 6.04 Å². The molecule has 4 nitrogen and oxygen atoms in total. The first-order chi connectivity index (χ1) is 7.53. The first-order valence-corrected chi connectivity index (χ1v) is 6.28. The molecule has 18 heavy (non-hydrogen) atoms. The number of hydrogen-bond donors (Lipinski definition) is 1. The molecule has 1 heterocycles. The first kappa shape index (κ1) is 18.0. The lowest BCUT2D eigenvalue weighted by atomic mass is 9.76. The summed E-state index contributed by atoms with van der Waals surface area (Å²) in [5, 5.41) is 0. The highest BCUT2D eigenvalue weighted by molar-refractivity contribution is 5.87. The highest BCUT2D eigenvalue weighted by atomic mass is 35.5. The Morgan fingerprint density at radius 2 is 1.89 bits per heavy atom. The molecule has 2 aliphatic rings. The number of rotatable bonds is 2. The quantitative estimate of drug-likeness (QED) is 0.835. The molecule has 2 fully saturated rings. The van der Waals surface area contributed by atoms with Crippen LogP contribution in [0, 0.1) is 0 Å². The number of likely N-dealkylation sites (N-methyl/N-ethyl adjacent to an activating group) is 1. The van der Waals surface area contributed by atoms with Gasteiger partial charge in [-0.05, 0) is 46.2 Å². The fourth-order valence-electron chi connectivity index (χ4n) is 2.65. The Morgan fingerprint density at radius 1 is 1.28 bits per heavy atom. The Morgan fingerprint density at radius 3 is 2.33 bits per heavy atom. The Hall–Kier alpha value is -0.0300. The van der Waals surface area contributed by atoms with Crippen LogP contribution in [0.15, 0.2) is 0 Å². The van der Waals surface area contributed by atoms with Gasteiger partial charge in [0.05, 0.1) is 5.54 Å². The van der Waals surface area contributed by atoms with Gasteiger partial charge in [0.25, 0.3) is 0 Å². The van der Waals surface area contributed by atoms with Crippen LogP contribution in [0.4, 0.5) is 0 Å². The summed E-state index contributed by atoms with van der Waals surface area (Å²) < 4.78 is 0. The molecule has 0 aromatic heterocycles. The van der Waals surface area contributed by atoms with E-state index in [1.165, 1.54) is 6.42 Å². The molecule has 1 atom stereocenters. The maximum atomic E-state index is 12.3. The summed E-state index contributed by atoms with van der Waals surface area (Å²) in [4.78, 5) is 16.4. The van der Waals surface area contributed by atoms with E-state index < -0.39 is 5.54 Å². The van der Waals surface area contributed by atoms with Crippen molar-refractivity contribution in [1.29, 1.82) is 0 Å². The Bertz CT molecular complexity index is 282. The predicted octanol–water partition coefficient (Wildman–Crippen LogP) is 1.26. The number of nitrogens with zero attached hydrogens (tertiary/aromatic N) is 2. The lowest BCUT2D eigenvalue weighted by Crippen LogP contribution is -2.62. The monoisotopic (exact) mass is 297 g/mol. The second-order valence-corrected chi connectivity index (χ2v) is 5.52. The van der Waals surface area contributed by atoms with Crippen molar-refractivity contribution in [2.24, 2.45) is 5.73 Å². The largest absolute Gasteiger partial charge is 0.340 e. The van der Waals surface area contributed by atoms with Gasteiger partial charge in [-0.25, -0.2) is 0 Å². The molecule has 2 rings (SSSR count). The van der Waals surface area contributed by atoms with Crippen molar-refractivity contribution in [2.75, 3.05) is 27.2 Å². The van der Waals surface area contributed by atoms with E-state index in [1.807, 2.05) is 4.90 Å². The van der Waals surface area contributed by atoms with Crippen LogP contribution in [0.1, 0.15) is 32.1 Å². The minimum atomic E-state index is -0.520. The number of piperidine rings is 1. The lowest BCUT2D eigenvalue weighted by Gasteiger charge is -2.44. The third kappa shape index (κ3) is 3.50. The lowest BCUT2D eigenvalue weighted by molar-refractivity contribution is -0.142. The summed E-state index contributed by atoms with van der Waals surface area (Å²) in [6, 6.07) is 0.501. The van der Waals surface area contributed by atoms with Gasteiger partial charge in [0.2, 0.25) is 5.91 Å². The molecule has 108 valence electrons. The minimum absolute atomic E-state index is 0. The van der Waals surface area contributed by atoms with Crippen LogP contribution in [0.25, 0.3) is 0 Å². The number of carbonyl (C=O) groups excluding carboxylic acids is 1. The fourth-order valence-corrected chi connectivity index (χ4v) is 2.65. The number of hydrogen-bond acceptors (Lipinski definition) is 3. The van der Waals surface area contributed by atoms with Crippen LogP contribution in [-0.2, 0) is 4.79 Å². The summed E-state index contributed by atoms with van der Waals surface area (Å²) in [6.45, 7) is 1.74. The molecule has 0 bridgehead atoms. The van der Waals surface area contributed by atoms with Crippen LogP contribution in [0.3, 0.4) is 0 Å². The zero-order valence-corrected chi connectivity index (χ0v) is 12.9. The van der Waals surface area contributed by atoms with Crippen molar-refractivity contribution < 1.29 is 4.79 Å². The number of likely N-dealkylation sites (tertiary alicyclic amines) is 1. The highest BCUT2D eigenvalue weighted by Gasteiger charge is 2.43. The van der Waals surface area contributed by atoms with Gasteiger partial charge in [-0.2, -0.15) is 0 Å². The number of carbonyl (C=O) groups is 1. The third-order valence-corrected chi connectivity index (χ3v) is 4.09. The topological polar surface area (TPSA) is 49.6 Å². The van der Waals surface area contributed by atoms with Gasteiger partial charge in [0, 0.05) is 19.1 Å². The van der Waals surface area contributed by atoms with Gasteiger partial charge >= 0.3 is 0 Å². The number of amides is 1. The van der Waals surface area contributed by atoms with Gasteiger partial charge in [-0.3, -0.25) is 4.79 Å². The molecule has 0 aromatic rings. The third-order valence-electron chi connectivity index (χ3n) is 4.09. The molecular formula is C12H25Cl2N3O. The molecule has 1 amide bonds. The average Bonchev–Trinajstić information content (AvgIpc) is 2.25. The van der Waals surface area contributed by atoms with Crippen LogP contribution >= 0.6 is 24.8 Å². The summed E-state index contributed by atoms with van der Waals surface area (Å²) in [5.41, 5.74) is 5.57. The molecule has 6 heteroatoms. The number of halogens is 2. The van der Waals surface area contributed by atoms with E-state index in [9.17, 15) is 4.79 Å². The summed E-state index contributed by atoms with van der Waals surface area (Å²) in [5.74, 6) is 0.185. The van der Waals surface area contributed by atoms with E-state index in [4.69, 9.17) is 5.73 Å². The SMILES string of the molecule is CN(C)C1CCCN(C(=O)C2(N)CCC2)C1.Cl.Cl. The normalized spacial score (nSPS) is 25.8. The zero-order valence-electron chi connectivity index (χ0n) is 11.2. The molecule has 1 saturated carbocycles. The molecule has 1 saturated heterocycles. The van der Waals surface area contributed by atoms with E-state index >= 15 is 0 Å². The Balaban J connectivity index is 0.00000144. The van der Waals surface area contributed by atoms with Gasteiger partial charge in [0.1, 0.15) is 0 Å². The molecule has 2 N–H and O–H groups in total. The van der Waals surface area contributed by atoms with Gasteiger partial charge < -0.3 is 15.5 Å². The molecular weight excluding hydrogens is 273 g/mol. The molecule has 0 aromatic carbocycles. The van der Waals surface area contributed by atoms with Crippen molar-refractivity contribution in [3.63, 3.8) is 0 Å². The van der Waals surface area contributed by atoms with Crippen LogP contribution in [0.2, 0.25) is 0 Å². The van der Waals surface area contributed by atoms with Crippen LogP contribution in [0.5, 0.6) is 0 Å². The summed E-state index contributed by atoms with van der Waals surface area (Å²) >= 11 is 0. The maximum absolute atomic E-state index is 12.3. The fraction of sp³-hybridized carbons (Fsp3) is 0.917. The molecule has 1 aliphatic heterocycles. The smallest absolute Gasteiger partial charge is 0.242 e. The van der Waals surface area contributed by atoms with Gasteiger partial charge in [0.15, 0.2) is 0 Å². The predicted molar refractivity (Wildman–Crippen MR) is 78.6 cm³/mol. The summed E-state index contributed by atoms with van der Waals surface area (Å²) in [6.07, 6.45) is 5.14. The van der Waals surface area contributed by atoms with Crippen LogP contribution in [-0.4, -0.2) is 54.5 Å². The molecule has 0 radical (unpaired) electrons.